The molecule has 3 aliphatic rings. The maximum Gasteiger partial charge on any atom is 0.336 e. The van der Waals surface area contributed by atoms with Crippen LogP contribution in [0.15, 0.2) is 65.1 Å². The first-order valence-corrected chi connectivity index (χ1v) is 12.4. The summed E-state index contributed by atoms with van der Waals surface area (Å²) >= 11 is 0. The van der Waals surface area contributed by atoms with E-state index in [1.165, 1.54) is 0 Å². The van der Waals surface area contributed by atoms with Gasteiger partial charge in [0.25, 0.3) is 11.8 Å². The lowest BCUT2D eigenvalue weighted by atomic mass is 9.69. The van der Waals surface area contributed by atoms with Gasteiger partial charge in [-0.3, -0.25) is 29.3 Å². The number of imide groups is 1. The second-order valence-corrected chi connectivity index (χ2v) is 9.11. The van der Waals surface area contributed by atoms with Crippen molar-refractivity contribution in [2.24, 2.45) is 10.9 Å². The van der Waals surface area contributed by atoms with Crippen LogP contribution in [0.25, 0.3) is 0 Å². The molecular weight excluding hydrogens is 474 g/mol. The molecule has 2 aromatic rings. The van der Waals surface area contributed by atoms with E-state index in [0.717, 1.165) is 16.2 Å². The highest BCUT2D eigenvalue weighted by atomic mass is 16.5. The molecule has 2 atom stereocenters. The lowest BCUT2D eigenvalue weighted by Gasteiger charge is -2.35. The van der Waals surface area contributed by atoms with Gasteiger partial charge in [0, 0.05) is 30.4 Å². The van der Waals surface area contributed by atoms with Gasteiger partial charge in [-0.25, -0.2) is 4.79 Å². The topological polar surface area (TPSA) is 115 Å². The van der Waals surface area contributed by atoms with E-state index in [1.54, 1.807) is 49.6 Å². The highest BCUT2D eigenvalue weighted by Gasteiger charge is 2.44. The van der Waals surface area contributed by atoms with Crippen molar-refractivity contribution in [2.45, 2.75) is 32.1 Å². The standard InChI is InChI=1S/C28H27N3O6/c1-2-37-28(35)25-21(16-36-14-13-31-26(33)18-8-3-4-9-19(18)27(31)34)30-20-10-5-11-22(32)24(20)23(25)17-7-6-12-29-15-17/h3-4,6-9,12,15,23-24H,2,5,10-11,13-14,16H2,1H3. The van der Waals surface area contributed by atoms with E-state index in [4.69, 9.17) is 14.5 Å². The largest absolute Gasteiger partial charge is 0.463 e. The van der Waals surface area contributed by atoms with Crippen molar-refractivity contribution in [1.82, 2.24) is 9.88 Å². The second-order valence-electron chi connectivity index (χ2n) is 9.11. The van der Waals surface area contributed by atoms with E-state index in [1.807, 2.05) is 6.07 Å². The molecule has 2 aliphatic heterocycles. The van der Waals surface area contributed by atoms with Gasteiger partial charge in [0.15, 0.2) is 0 Å². The third-order valence-electron chi connectivity index (χ3n) is 6.91. The molecule has 0 radical (unpaired) electrons. The maximum atomic E-state index is 13.2. The molecule has 1 fully saturated rings. The van der Waals surface area contributed by atoms with Crippen LogP contribution >= 0.6 is 0 Å². The summed E-state index contributed by atoms with van der Waals surface area (Å²) < 4.78 is 11.2. The van der Waals surface area contributed by atoms with Gasteiger partial charge in [0.05, 0.1) is 54.7 Å². The third kappa shape index (κ3) is 4.62. The minimum absolute atomic E-state index is 0.0293. The fraction of sp³-hybridized carbons (Fsp3) is 0.357. The van der Waals surface area contributed by atoms with Crippen molar-refractivity contribution in [1.29, 1.82) is 0 Å². The first-order valence-electron chi connectivity index (χ1n) is 12.4. The molecule has 9 heteroatoms. The van der Waals surface area contributed by atoms with Gasteiger partial charge >= 0.3 is 5.97 Å². The van der Waals surface area contributed by atoms with Crippen molar-refractivity contribution in [3.05, 3.63) is 76.8 Å². The fourth-order valence-corrected chi connectivity index (χ4v) is 5.27. The number of carbonyl (C=O) groups excluding carboxylic acids is 4. The summed E-state index contributed by atoms with van der Waals surface area (Å²) in [7, 11) is 0. The van der Waals surface area contributed by atoms with Crippen LogP contribution in [0, 0.1) is 5.92 Å². The summed E-state index contributed by atoms with van der Waals surface area (Å²) in [4.78, 5) is 61.6. The number of aromatic nitrogens is 1. The molecule has 3 heterocycles. The zero-order chi connectivity index (χ0) is 25.9. The number of Topliss-reactive ketones (excluding diaryl/α,β-unsaturated/α-hetero) is 1. The number of esters is 1. The molecule has 37 heavy (non-hydrogen) atoms. The second kappa shape index (κ2) is 10.6. The average molecular weight is 502 g/mol. The van der Waals surface area contributed by atoms with Crippen LogP contribution in [0.4, 0.5) is 0 Å². The smallest absolute Gasteiger partial charge is 0.336 e. The Kier molecular flexibility index (Phi) is 7.05. The quantitative estimate of drug-likeness (QED) is 0.310. The molecule has 0 N–H and O–H groups in total. The summed E-state index contributed by atoms with van der Waals surface area (Å²) in [6.45, 7) is 2.00. The van der Waals surface area contributed by atoms with E-state index in [0.29, 0.717) is 41.7 Å². The monoisotopic (exact) mass is 501 g/mol. The predicted molar refractivity (Wildman–Crippen MR) is 133 cm³/mol. The molecule has 9 nitrogen and oxygen atoms in total. The maximum absolute atomic E-state index is 13.2. The van der Waals surface area contributed by atoms with Crippen LogP contribution in [-0.4, -0.2) is 65.5 Å². The highest BCUT2D eigenvalue weighted by molar-refractivity contribution is 6.21. The van der Waals surface area contributed by atoms with Gasteiger partial charge in [-0.05, 0) is 43.5 Å². The van der Waals surface area contributed by atoms with Gasteiger partial charge in [0.2, 0.25) is 0 Å². The Labute approximate surface area is 214 Å². The first-order chi connectivity index (χ1) is 18.0. The lowest BCUT2D eigenvalue weighted by Crippen LogP contribution is -2.40. The minimum Gasteiger partial charge on any atom is -0.463 e. The van der Waals surface area contributed by atoms with E-state index >= 15 is 0 Å². The Hall–Kier alpha value is -3.98. The Bertz CT molecular complexity index is 1280. The van der Waals surface area contributed by atoms with Crippen molar-refractivity contribution >= 4 is 29.3 Å². The lowest BCUT2D eigenvalue weighted by molar-refractivity contribution is -0.139. The Morgan fingerprint density at radius 3 is 2.46 bits per heavy atom. The number of nitrogens with zero attached hydrogens (tertiary/aromatic N) is 3. The van der Waals surface area contributed by atoms with Gasteiger partial charge in [-0.2, -0.15) is 0 Å². The number of hydrogen-bond acceptors (Lipinski definition) is 8. The number of hydrogen-bond donors (Lipinski definition) is 0. The van der Waals surface area contributed by atoms with Gasteiger partial charge in [0.1, 0.15) is 5.78 Å². The van der Waals surface area contributed by atoms with Crippen molar-refractivity contribution in [3.8, 4) is 0 Å². The molecule has 1 saturated carbocycles. The molecule has 5 rings (SSSR count). The molecule has 190 valence electrons. The molecule has 1 aromatic carbocycles. The SMILES string of the molecule is CCOC(=O)C1=C(COCCN2C(=O)c3ccccc3C2=O)N=C2CCCC(=O)C2C1c1cccnc1. The zero-order valence-corrected chi connectivity index (χ0v) is 20.5. The normalized spacial score (nSPS) is 21.1. The Balaban J connectivity index is 1.39. The summed E-state index contributed by atoms with van der Waals surface area (Å²) in [5, 5.41) is 0. The van der Waals surface area contributed by atoms with Crippen LogP contribution < -0.4 is 0 Å². The molecule has 0 bridgehead atoms. The summed E-state index contributed by atoms with van der Waals surface area (Å²) in [5.74, 6) is -2.31. The minimum atomic E-state index is -0.567. The van der Waals surface area contributed by atoms with E-state index in [-0.39, 0.29) is 44.0 Å². The van der Waals surface area contributed by atoms with Crippen LogP contribution in [0.3, 0.4) is 0 Å². The van der Waals surface area contributed by atoms with Gasteiger partial charge < -0.3 is 9.47 Å². The Morgan fingerprint density at radius 1 is 1.03 bits per heavy atom. The van der Waals surface area contributed by atoms with E-state index in [9.17, 15) is 19.2 Å². The predicted octanol–water partition coefficient (Wildman–Crippen LogP) is 3.12. The van der Waals surface area contributed by atoms with Crippen LogP contribution in [0.1, 0.15) is 58.4 Å². The third-order valence-corrected chi connectivity index (χ3v) is 6.91. The number of pyridine rings is 1. The van der Waals surface area contributed by atoms with Crippen molar-refractivity contribution in [3.63, 3.8) is 0 Å². The number of ether oxygens (including phenoxy) is 2. The highest BCUT2D eigenvalue weighted by Crippen LogP contribution is 2.43. The van der Waals surface area contributed by atoms with E-state index < -0.39 is 17.8 Å². The molecule has 2 amide bonds. The van der Waals surface area contributed by atoms with Crippen LogP contribution in [0.2, 0.25) is 0 Å². The van der Waals surface area contributed by atoms with Gasteiger partial charge in [-0.1, -0.05) is 18.2 Å². The zero-order valence-electron chi connectivity index (χ0n) is 20.5. The molecular formula is C28H27N3O6. The number of fused-ring (bicyclic) bond motifs is 2. The van der Waals surface area contributed by atoms with Crippen molar-refractivity contribution in [2.75, 3.05) is 26.4 Å². The molecule has 1 aliphatic carbocycles. The van der Waals surface area contributed by atoms with Crippen LogP contribution in [0.5, 0.6) is 0 Å². The number of rotatable bonds is 8. The summed E-state index contributed by atoms with van der Waals surface area (Å²) in [6.07, 6.45) is 5.09. The average Bonchev–Trinajstić information content (AvgIpc) is 3.16. The first kappa shape index (κ1) is 24.7. The molecule has 1 aromatic heterocycles. The number of aliphatic imine (C=N–C) groups is 1. The molecule has 2 unspecified atom stereocenters. The summed E-state index contributed by atoms with van der Waals surface area (Å²) in [6, 6.07) is 10.3. The van der Waals surface area contributed by atoms with Crippen molar-refractivity contribution < 1.29 is 28.7 Å². The molecule has 0 saturated heterocycles. The number of carbonyl (C=O) groups is 4. The molecule has 0 spiro atoms. The summed E-state index contributed by atoms with van der Waals surface area (Å²) in [5.41, 5.74) is 2.92. The van der Waals surface area contributed by atoms with Gasteiger partial charge in [-0.15, -0.1) is 0 Å². The Morgan fingerprint density at radius 2 is 1.78 bits per heavy atom. The van der Waals surface area contributed by atoms with Crippen LogP contribution in [-0.2, 0) is 19.1 Å². The number of amides is 2. The number of ketones is 1. The number of benzene rings is 1. The fourth-order valence-electron chi connectivity index (χ4n) is 5.27. The van der Waals surface area contributed by atoms with E-state index in [2.05, 4.69) is 4.98 Å².